The lowest BCUT2D eigenvalue weighted by Crippen LogP contribution is -2.72. The fraction of sp³-hybridized carbons (Fsp3) is 0.645. The minimum absolute atomic E-state index is 0.162. The number of carbonyl (C=O) groups excluding carboxylic acids is 3. The van der Waals surface area contributed by atoms with Gasteiger partial charge in [0.15, 0.2) is 0 Å². The molecule has 7 atom stereocenters. The number of fused-ring (bicyclic) bond motifs is 5. The van der Waals surface area contributed by atoms with Crippen LogP contribution in [0.2, 0.25) is 0 Å². The van der Waals surface area contributed by atoms with Crippen LogP contribution in [0.25, 0.3) is 10.9 Å². The van der Waals surface area contributed by atoms with E-state index in [9.17, 15) is 19.5 Å². The molecule has 2 aromatic rings. The number of benzene rings is 1. The number of hydrogen-bond acceptors (Lipinski definition) is 6. The molecule has 0 radical (unpaired) electrons. The first-order valence-electron chi connectivity index (χ1n) is 15.2. The Balaban J connectivity index is 1.21. The van der Waals surface area contributed by atoms with E-state index in [0.717, 1.165) is 18.4 Å². The summed E-state index contributed by atoms with van der Waals surface area (Å²) >= 11 is 0. The number of rotatable bonds is 4. The number of piperidine rings is 1. The van der Waals surface area contributed by atoms with Crippen molar-refractivity contribution in [3.05, 3.63) is 35.5 Å². The zero-order valence-corrected chi connectivity index (χ0v) is 24.5. The maximum Gasteiger partial charge on any atom is 0.281 e. The van der Waals surface area contributed by atoms with E-state index in [0.29, 0.717) is 25.9 Å². The molecule has 4 aliphatic heterocycles. The minimum Gasteiger partial charge on any atom is -0.361 e. The first-order valence-corrected chi connectivity index (χ1v) is 15.2. The number of ether oxygens (including phenoxy) is 1. The van der Waals surface area contributed by atoms with Gasteiger partial charge in [-0.1, -0.05) is 39.8 Å². The van der Waals surface area contributed by atoms with Gasteiger partial charge in [-0.15, -0.1) is 0 Å². The van der Waals surface area contributed by atoms with Crippen LogP contribution in [0.5, 0.6) is 0 Å². The third-order valence-electron chi connectivity index (χ3n) is 10.5. The molecule has 3 N–H and O–H groups in total. The van der Waals surface area contributed by atoms with E-state index < -0.39 is 35.5 Å². The number of nitrogens with zero attached hydrogens (tertiary/aromatic N) is 3. The zero-order chi connectivity index (χ0) is 29.0. The number of likely N-dealkylation sites (N-methyl/N-ethyl adjacent to an activating group) is 1. The van der Waals surface area contributed by atoms with Crippen LogP contribution in [0, 0.1) is 17.8 Å². The van der Waals surface area contributed by atoms with Crippen molar-refractivity contribution in [2.75, 3.05) is 20.1 Å². The Labute approximate surface area is 240 Å². The predicted octanol–water partition coefficient (Wildman–Crippen LogP) is 2.13. The SMILES string of the molecule is CC(C)[C@H]1C(=O)N2CCC[C@H]2[C@]2(O)O[C@@](NC(=O)[C@@H]3C[C@@H]4c5cccc6[nH]cc(c56)C[C@H]4N(C)C3)(C(C)C)C(=O)N12. The molecule has 1 aliphatic carbocycles. The summed E-state index contributed by atoms with van der Waals surface area (Å²) in [5, 5.41) is 16.4. The molecular formula is C31H41N5O5. The summed E-state index contributed by atoms with van der Waals surface area (Å²) in [6.07, 6.45) is 4.94. The highest BCUT2D eigenvalue weighted by Gasteiger charge is 2.72. The molecule has 1 aromatic carbocycles. The summed E-state index contributed by atoms with van der Waals surface area (Å²) in [6.45, 7) is 8.45. The molecule has 10 nitrogen and oxygen atoms in total. The Hall–Kier alpha value is -2.95. The van der Waals surface area contributed by atoms with Crippen molar-refractivity contribution in [2.24, 2.45) is 17.8 Å². The van der Waals surface area contributed by atoms with Gasteiger partial charge in [0.25, 0.3) is 11.8 Å². The molecule has 0 unspecified atom stereocenters. The van der Waals surface area contributed by atoms with Gasteiger partial charge in [0.1, 0.15) is 12.1 Å². The van der Waals surface area contributed by atoms with Gasteiger partial charge in [0, 0.05) is 48.1 Å². The van der Waals surface area contributed by atoms with Crippen molar-refractivity contribution in [3.63, 3.8) is 0 Å². The van der Waals surface area contributed by atoms with Crippen LogP contribution in [-0.2, 0) is 25.5 Å². The summed E-state index contributed by atoms with van der Waals surface area (Å²) in [6, 6.07) is 5.10. The molecule has 7 rings (SSSR count). The maximum absolute atomic E-state index is 14.3. The largest absolute Gasteiger partial charge is 0.361 e. The molecular weight excluding hydrogens is 522 g/mol. The Morgan fingerprint density at radius 1 is 1.22 bits per heavy atom. The van der Waals surface area contributed by atoms with Crippen molar-refractivity contribution in [1.29, 1.82) is 0 Å². The fourth-order valence-corrected chi connectivity index (χ4v) is 8.50. The number of nitrogens with one attached hydrogen (secondary N) is 2. The quantitative estimate of drug-likeness (QED) is 0.525. The van der Waals surface area contributed by atoms with Gasteiger partial charge in [-0.25, -0.2) is 0 Å². The lowest BCUT2D eigenvalue weighted by atomic mass is 9.72. The second-order valence-electron chi connectivity index (χ2n) is 13.5. The molecule has 4 saturated heterocycles. The van der Waals surface area contributed by atoms with Gasteiger partial charge in [0.05, 0.1) is 5.92 Å². The molecule has 5 aliphatic rings. The van der Waals surface area contributed by atoms with Gasteiger partial charge in [0.2, 0.25) is 17.5 Å². The van der Waals surface area contributed by atoms with E-state index in [4.69, 9.17) is 4.74 Å². The second kappa shape index (κ2) is 9.02. The van der Waals surface area contributed by atoms with Crippen LogP contribution in [-0.4, -0.2) is 92.4 Å². The van der Waals surface area contributed by atoms with E-state index in [1.54, 1.807) is 4.90 Å². The summed E-state index contributed by atoms with van der Waals surface area (Å²) < 4.78 is 6.42. The first-order chi connectivity index (χ1) is 19.5. The molecule has 0 saturated carbocycles. The van der Waals surface area contributed by atoms with Crippen molar-refractivity contribution in [2.45, 2.75) is 89.1 Å². The van der Waals surface area contributed by atoms with Crippen molar-refractivity contribution >= 4 is 28.6 Å². The molecule has 5 heterocycles. The molecule has 3 amide bonds. The Morgan fingerprint density at radius 3 is 2.73 bits per heavy atom. The molecule has 220 valence electrons. The average Bonchev–Trinajstić information content (AvgIpc) is 3.64. The number of carbonyl (C=O) groups is 3. The number of amides is 3. The lowest BCUT2D eigenvalue weighted by molar-refractivity contribution is -0.323. The van der Waals surface area contributed by atoms with Crippen molar-refractivity contribution in [3.8, 4) is 0 Å². The Kier molecular flexibility index (Phi) is 5.92. The fourth-order valence-electron chi connectivity index (χ4n) is 8.50. The van der Waals surface area contributed by atoms with Crippen LogP contribution >= 0.6 is 0 Å². The number of aliphatic hydroxyl groups is 1. The highest BCUT2D eigenvalue weighted by molar-refractivity contribution is 5.98. The molecule has 0 bridgehead atoms. The van der Waals surface area contributed by atoms with Gasteiger partial charge in [-0.2, -0.15) is 0 Å². The smallest absolute Gasteiger partial charge is 0.281 e. The van der Waals surface area contributed by atoms with E-state index in [-0.39, 0.29) is 35.6 Å². The van der Waals surface area contributed by atoms with Crippen LogP contribution in [0.4, 0.5) is 0 Å². The Bertz CT molecular complexity index is 1440. The van der Waals surface area contributed by atoms with Crippen LogP contribution in [0.1, 0.15) is 64.0 Å². The molecule has 10 heteroatoms. The van der Waals surface area contributed by atoms with E-state index >= 15 is 0 Å². The minimum atomic E-state index is -1.99. The monoisotopic (exact) mass is 563 g/mol. The van der Waals surface area contributed by atoms with Gasteiger partial charge in [-0.05, 0) is 55.8 Å². The van der Waals surface area contributed by atoms with Crippen LogP contribution < -0.4 is 5.32 Å². The second-order valence-corrected chi connectivity index (χ2v) is 13.5. The van der Waals surface area contributed by atoms with Crippen molar-refractivity contribution in [1.82, 2.24) is 25.0 Å². The number of H-pyrrole nitrogens is 1. The summed E-state index contributed by atoms with van der Waals surface area (Å²) in [5.74, 6) is -3.87. The lowest BCUT2D eigenvalue weighted by Gasteiger charge is -2.49. The molecule has 1 aromatic heterocycles. The number of aromatic nitrogens is 1. The standard InChI is InChI=1S/C31H41N5O5/c1-16(2)26-28(38)35-11-7-10-24(35)31(40)36(26)29(39)30(41-31,17(3)4)33-27(37)19-12-21-20-8-6-9-22-25(20)18(14-32-22)13-23(21)34(5)15-19/h6,8-9,14,16-17,19,21,23-24,26,32,40H,7,10-13,15H2,1-5H3,(H,33,37)/t19-,21-,23-,24+,26+,30+,31+/m1/s1. The molecule has 0 spiro atoms. The summed E-state index contributed by atoms with van der Waals surface area (Å²) in [4.78, 5) is 50.6. The number of piperazine rings is 1. The maximum atomic E-state index is 14.3. The molecule has 4 fully saturated rings. The van der Waals surface area contributed by atoms with Crippen LogP contribution in [0.15, 0.2) is 24.4 Å². The van der Waals surface area contributed by atoms with E-state index in [2.05, 4.69) is 46.6 Å². The van der Waals surface area contributed by atoms with Crippen LogP contribution in [0.3, 0.4) is 0 Å². The Morgan fingerprint density at radius 2 is 2.00 bits per heavy atom. The number of aromatic amines is 1. The molecule has 41 heavy (non-hydrogen) atoms. The normalized spacial score (nSPS) is 36.7. The van der Waals surface area contributed by atoms with Crippen molar-refractivity contribution < 1.29 is 24.2 Å². The first kappa shape index (κ1) is 26.9. The third-order valence-corrected chi connectivity index (χ3v) is 10.5. The average molecular weight is 564 g/mol. The third kappa shape index (κ3) is 3.56. The predicted molar refractivity (Wildman–Crippen MR) is 151 cm³/mol. The van der Waals surface area contributed by atoms with Gasteiger partial charge >= 0.3 is 0 Å². The van der Waals surface area contributed by atoms with E-state index in [1.165, 1.54) is 21.4 Å². The summed E-state index contributed by atoms with van der Waals surface area (Å²) in [7, 11) is 2.07. The highest BCUT2D eigenvalue weighted by Crippen LogP contribution is 2.49. The topological polar surface area (TPSA) is 118 Å². The van der Waals surface area contributed by atoms with E-state index in [1.807, 2.05) is 27.7 Å². The number of likely N-dealkylation sites (tertiary alicyclic amines) is 1. The zero-order valence-electron chi connectivity index (χ0n) is 24.5. The van der Waals surface area contributed by atoms with Gasteiger partial charge < -0.3 is 25.2 Å². The summed E-state index contributed by atoms with van der Waals surface area (Å²) in [5.41, 5.74) is 1.93. The highest BCUT2D eigenvalue weighted by atomic mass is 16.7. The number of hydrogen-bond donors (Lipinski definition) is 3. The van der Waals surface area contributed by atoms with Gasteiger partial charge in [-0.3, -0.25) is 24.0 Å².